The summed E-state index contributed by atoms with van der Waals surface area (Å²) in [7, 11) is 7.11. The van der Waals surface area contributed by atoms with Crippen molar-refractivity contribution in [3.63, 3.8) is 0 Å². The van der Waals surface area contributed by atoms with Gasteiger partial charge in [-0.3, -0.25) is 14.2 Å². The van der Waals surface area contributed by atoms with E-state index in [4.69, 9.17) is 19.7 Å². The highest BCUT2D eigenvalue weighted by Crippen LogP contribution is 2.49. The number of rotatable bonds is 9. The largest absolute Gasteiger partial charge is 0.494 e. The van der Waals surface area contributed by atoms with Crippen molar-refractivity contribution in [2.45, 2.75) is 51.4 Å². The molecule has 0 bridgehead atoms. The first-order chi connectivity index (χ1) is 19.7. The average Bonchev–Trinajstić information content (AvgIpc) is 3.27. The first-order valence-electron chi connectivity index (χ1n) is 13.6. The van der Waals surface area contributed by atoms with Crippen LogP contribution >= 0.6 is 0 Å². The van der Waals surface area contributed by atoms with Gasteiger partial charge in [0.25, 0.3) is 5.91 Å². The molecule has 41 heavy (non-hydrogen) atoms. The SMILES string of the molecule is COc1ccc(-n2cc(C)nn2)c(CNC(=O)c2cn(Cc3nn(C)c4c3CCN(C)C4)nc2C2(OC)CC2)c1F. The Morgan fingerprint density at radius 3 is 2.66 bits per heavy atom. The van der Waals surface area contributed by atoms with Crippen molar-refractivity contribution in [3.05, 3.63) is 69.8 Å². The fraction of sp³-hybridized carbons (Fsp3) is 0.464. The second-order valence-corrected chi connectivity index (χ2v) is 10.8. The highest BCUT2D eigenvalue weighted by molar-refractivity contribution is 5.95. The molecule has 6 rings (SSSR count). The Bertz CT molecular complexity index is 1620. The topological polar surface area (TPSA) is 117 Å². The Labute approximate surface area is 237 Å². The molecule has 0 saturated heterocycles. The van der Waals surface area contributed by atoms with Gasteiger partial charge in [0.05, 0.1) is 48.2 Å². The van der Waals surface area contributed by atoms with Crippen molar-refractivity contribution in [2.24, 2.45) is 7.05 Å². The quantitative estimate of drug-likeness (QED) is 0.330. The number of aromatic nitrogens is 7. The summed E-state index contributed by atoms with van der Waals surface area (Å²) in [5.74, 6) is -0.873. The van der Waals surface area contributed by atoms with Gasteiger partial charge in [0.15, 0.2) is 11.6 Å². The Morgan fingerprint density at radius 2 is 1.98 bits per heavy atom. The molecule has 12 nitrogen and oxygen atoms in total. The Hall–Kier alpha value is -4.10. The van der Waals surface area contributed by atoms with Gasteiger partial charge in [-0.1, -0.05) is 5.21 Å². The maximum Gasteiger partial charge on any atom is 0.255 e. The molecule has 3 aromatic heterocycles. The zero-order chi connectivity index (χ0) is 28.9. The predicted molar refractivity (Wildman–Crippen MR) is 146 cm³/mol. The van der Waals surface area contributed by atoms with Crippen LogP contribution < -0.4 is 10.1 Å². The molecule has 216 valence electrons. The summed E-state index contributed by atoms with van der Waals surface area (Å²) in [4.78, 5) is 15.9. The molecular formula is C28H34FN9O3. The van der Waals surface area contributed by atoms with Gasteiger partial charge in [-0.2, -0.15) is 10.2 Å². The van der Waals surface area contributed by atoms with Crippen molar-refractivity contribution in [1.82, 2.24) is 44.8 Å². The Kier molecular flexibility index (Phi) is 6.86. The third-order valence-corrected chi connectivity index (χ3v) is 8.05. The molecule has 1 fully saturated rings. The van der Waals surface area contributed by atoms with E-state index in [0.29, 0.717) is 29.2 Å². The lowest BCUT2D eigenvalue weighted by molar-refractivity contribution is 0.0721. The lowest BCUT2D eigenvalue weighted by Crippen LogP contribution is -2.27. The van der Waals surface area contributed by atoms with Crippen LogP contribution in [0.25, 0.3) is 5.69 Å². The first kappa shape index (κ1) is 27.1. The molecule has 0 atom stereocenters. The number of carbonyl (C=O) groups excluding carboxylic acids is 1. The number of hydrogen-bond donors (Lipinski definition) is 1. The zero-order valence-corrected chi connectivity index (χ0v) is 23.9. The molecule has 0 spiro atoms. The van der Waals surface area contributed by atoms with Crippen LogP contribution in [-0.4, -0.2) is 73.2 Å². The monoisotopic (exact) mass is 563 g/mol. The van der Waals surface area contributed by atoms with E-state index in [1.807, 2.05) is 11.7 Å². The van der Waals surface area contributed by atoms with Crippen LogP contribution in [0.3, 0.4) is 0 Å². The van der Waals surface area contributed by atoms with Crippen LogP contribution in [0.4, 0.5) is 4.39 Å². The molecule has 1 amide bonds. The number of likely N-dealkylation sites (N-methyl/N-ethyl adjacent to an activating group) is 1. The van der Waals surface area contributed by atoms with Gasteiger partial charge in [-0.25, -0.2) is 9.07 Å². The van der Waals surface area contributed by atoms with Crippen molar-refractivity contribution in [3.8, 4) is 11.4 Å². The Morgan fingerprint density at radius 1 is 1.17 bits per heavy atom. The van der Waals surface area contributed by atoms with Gasteiger partial charge < -0.3 is 19.7 Å². The number of fused-ring (bicyclic) bond motifs is 1. The molecule has 4 aromatic rings. The van der Waals surface area contributed by atoms with Gasteiger partial charge in [-0.15, -0.1) is 5.10 Å². The summed E-state index contributed by atoms with van der Waals surface area (Å²) >= 11 is 0. The number of hydrogen-bond acceptors (Lipinski definition) is 8. The molecule has 2 aliphatic rings. The van der Waals surface area contributed by atoms with Gasteiger partial charge >= 0.3 is 0 Å². The summed E-state index contributed by atoms with van der Waals surface area (Å²) in [6.45, 7) is 3.95. The number of halogens is 1. The molecule has 0 radical (unpaired) electrons. The van der Waals surface area contributed by atoms with E-state index in [9.17, 15) is 4.79 Å². The molecule has 4 heterocycles. The summed E-state index contributed by atoms with van der Waals surface area (Å²) in [6, 6.07) is 3.22. The predicted octanol–water partition coefficient (Wildman–Crippen LogP) is 2.26. The van der Waals surface area contributed by atoms with Crippen LogP contribution in [0.5, 0.6) is 5.75 Å². The van der Waals surface area contributed by atoms with Gasteiger partial charge in [-0.05, 0) is 45.4 Å². The summed E-state index contributed by atoms with van der Waals surface area (Å²) < 4.78 is 31.6. The molecule has 1 aliphatic heterocycles. The molecule has 1 saturated carbocycles. The minimum Gasteiger partial charge on any atom is -0.494 e. The van der Waals surface area contributed by atoms with E-state index in [1.165, 1.54) is 29.1 Å². The van der Waals surface area contributed by atoms with Gasteiger partial charge in [0.1, 0.15) is 11.3 Å². The number of ether oxygens (including phenoxy) is 2. The van der Waals surface area contributed by atoms with Crippen LogP contribution in [0.2, 0.25) is 0 Å². The number of amides is 1. The van der Waals surface area contributed by atoms with Crippen molar-refractivity contribution < 1.29 is 18.7 Å². The van der Waals surface area contributed by atoms with Gasteiger partial charge in [0.2, 0.25) is 0 Å². The standard InChI is InChI=1S/C28H34FN9O3/c1-17-13-38(34-31-17)22-6-7-24(40-4)25(29)19(22)12-30-27(39)20-14-37(33-26(20)28(41-5)9-10-28)15-21-18-8-11-35(2)16-23(18)36(3)32-21/h6-7,13-14H,8-12,15-16H2,1-5H3,(H,30,39). The molecule has 1 aromatic carbocycles. The van der Waals surface area contributed by atoms with E-state index < -0.39 is 11.4 Å². The van der Waals surface area contributed by atoms with Crippen molar-refractivity contribution in [2.75, 3.05) is 27.8 Å². The van der Waals surface area contributed by atoms with E-state index >= 15 is 4.39 Å². The first-order valence-corrected chi connectivity index (χ1v) is 13.6. The van der Waals surface area contributed by atoms with E-state index in [2.05, 4.69) is 27.6 Å². The van der Waals surface area contributed by atoms with Crippen molar-refractivity contribution in [1.29, 1.82) is 0 Å². The van der Waals surface area contributed by atoms with E-state index in [1.54, 1.807) is 37.2 Å². The van der Waals surface area contributed by atoms with Gasteiger partial charge in [0, 0.05) is 51.1 Å². The van der Waals surface area contributed by atoms with E-state index in [-0.39, 0.29) is 23.8 Å². The average molecular weight is 564 g/mol. The maximum atomic E-state index is 15.4. The Balaban J connectivity index is 1.29. The summed E-state index contributed by atoms with van der Waals surface area (Å²) in [6.07, 6.45) is 5.89. The number of methoxy groups -OCH3 is 2. The van der Waals surface area contributed by atoms with Crippen LogP contribution in [0.15, 0.2) is 24.5 Å². The second-order valence-electron chi connectivity index (χ2n) is 10.8. The fourth-order valence-electron chi connectivity index (χ4n) is 5.58. The molecule has 1 aliphatic carbocycles. The lowest BCUT2D eigenvalue weighted by Gasteiger charge is -2.23. The maximum absolute atomic E-state index is 15.4. The summed E-state index contributed by atoms with van der Waals surface area (Å²) in [5, 5.41) is 20.6. The third-order valence-electron chi connectivity index (χ3n) is 8.05. The number of benzene rings is 1. The van der Waals surface area contributed by atoms with Crippen LogP contribution in [-0.2, 0) is 43.4 Å². The number of nitrogens with one attached hydrogen (secondary N) is 1. The molecule has 13 heteroatoms. The fourth-order valence-corrected chi connectivity index (χ4v) is 5.58. The number of aryl methyl sites for hydroxylation is 2. The molecule has 0 unspecified atom stereocenters. The smallest absolute Gasteiger partial charge is 0.255 e. The minimum atomic E-state index is -0.602. The van der Waals surface area contributed by atoms with E-state index in [0.717, 1.165) is 38.0 Å². The number of carbonyl (C=O) groups is 1. The second kappa shape index (κ2) is 10.4. The highest BCUT2D eigenvalue weighted by Gasteiger charge is 2.49. The third kappa shape index (κ3) is 4.88. The normalized spacial score (nSPS) is 16.0. The number of nitrogens with zero attached hydrogens (tertiary/aromatic N) is 8. The zero-order valence-electron chi connectivity index (χ0n) is 23.9. The molecular weight excluding hydrogens is 529 g/mol. The minimum absolute atomic E-state index is 0.0737. The van der Waals surface area contributed by atoms with Crippen LogP contribution in [0, 0.1) is 12.7 Å². The van der Waals surface area contributed by atoms with Crippen LogP contribution in [0.1, 0.15) is 57.1 Å². The summed E-state index contributed by atoms with van der Waals surface area (Å²) in [5.41, 5.74) is 5.15. The highest BCUT2D eigenvalue weighted by atomic mass is 19.1. The molecule has 1 N–H and O–H groups in total. The lowest BCUT2D eigenvalue weighted by atomic mass is 10.0. The van der Waals surface area contributed by atoms with Crippen molar-refractivity contribution >= 4 is 5.91 Å².